The van der Waals surface area contributed by atoms with Gasteiger partial charge in [-0.2, -0.15) is 0 Å². The maximum Gasteiger partial charge on any atom is 0.229 e. The van der Waals surface area contributed by atoms with E-state index in [2.05, 4.69) is 27.7 Å². The highest BCUT2D eigenvalue weighted by molar-refractivity contribution is 5.59. The van der Waals surface area contributed by atoms with E-state index in [1.54, 1.807) is 0 Å². The molecular weight excluding hydrogens is 776 g/mol. The number of ether oxygens (including phenoxy) is 7. The predicted octanol–water partition coefficient (Wildman–Crippen LogP) is 0.155. The molecule has 3 fully saturated rings. The summed E-state index contributed by atoms with van der Waals surface area (Å²) in [6.07, 6.45) is -16.3. The van der Waals surface area contributed by atoms with Crippen molar-refractivity contribution in [2.45, 2.75) is 198 Å². The van der Waals surface area contributed by atoms with Gasteiger partial charge in [-0.25, -0.2) is 0 Å². The van der Waals surface area contributed by atoms with Gasteiger partial charge in [0.2, 0.25) is 6.29 Å². The van der Waals surface area contributed by atoms with Crippen molar-refractivity contribution in [3.8, 4) is 11.5 Å². The van der Waals surface area contributed by atoms with E-state index in [0.717, 1.165) is 66.0 Å². The first-order chi connectivity index (χ1) is 27.9. The molecule has 0 aliphatic carbocycles. The number of aliphatic hydroxyl groups excluding tert-OH is 10. The Hall–Kier alpha value is -1.78. The summed E-state index contributed by atoms with van der Waals surface area (Å²) in [5, 5.41) is 105. The third-order valence-electron chi connectivity index (χ3n) is 12.8. The summed E-state index contributed by atoms with van der Waals surface area (Å²) in [6, 6.07) is 0. The lowest BCUT2D eigenvalue weighted by Crippen LogP contribution is -2.66. The van der Waals surface area contributed by atoms with Crippen LogP contribution in [0.4, 0.5) is 0 Å². The third kappa shape index (κ3) is 10.7. The maximum atomic E-state index is 11.3. The van der Waals surface area contributed by atoms with E-state index in [1.807, 2.05) is 20.8 Å². The summed E-state index contributed by atoms with van der Waals surface area (Å²) in [7, 11) is 0. The Balaban J connectivity index is 1.22. The fourth-order valence-electron chi connectivity index (χ4n) is 8.73. The Morgan fingerprint density at radius 2 is 1.12 bits per heavy atom. The molecule has 0 unspecified atom stereocenters. The molecule has 17 nitrogen and oxygen atoms in total. The van der Waals surface area contributed by atoms with Crippen LogP contribution in [0.25, 0.3) is 0 Å². The minimum absolute atomic E-state index is 0.312. The Bertz CT molecular complexity index is 1490. The summed E-state index contributed by atoms with van der Waals surface area (Å²) in [4.78, 5) is 0. The lowest BCUT2D eigenvalue weighted by Gasteiger charge is -2.48. The van der Waals surface area contributed by atoms with Gasteiger partial charge in [0.1, 0.15) is 90.3 Å². The van der Waals surface area contributed by atoms with Crippen LogP contribution >= 0.6 is 0 Å². The second-order valence-electron chi connectivity index (χ2n) is 17.8. The van der Waals surface area contributed by atoms with Gasteiger partial charge in [0, 0.05) is 5.56 Å². The molecule has 0 saturated carbocycles. The second kappa shape index (κ2) is 20.6. The number of fused-ring (bicyclic) bond motifs is 1. The smallest absolute Gasteiger partial charge is 0.229 e. The van der Waals surface area contributed by atoms with E-state index in [0.29, 0.717) is 11.7 Å². The van der Waals surface area contributed by atoms with Crippen LogP contribution in [0.2, 0.25) is 0 Å². The average molecular weight is 847 g/mol. The summed E-state index contributed by atoms with van der Waals surface area (Å²) < 4.78 is 41.5. The SMILES string of the molecule is Cc1c(C)c2c(c(C)c1O[C@@H]1O[C@H](CO)[C@@H](O[C@H]3O[C@H](CO)[C@@H](O[C@H]4O[C@H](CO)[C@@H](O)[C@H](O)[C@H]4O)[C@H](O)[C@H]3O)[C@H](O)[C@H]1O)CC[C@@](C)(CCC[C@H](C)CCCC(C)C)O2. The van der Waals surface area contributed by atoms with Gasteiger partial charge in [-0.3, -0.25) is 0 Å². The zero-order chi connectivity index (χ0) is 43.5. The van der Waals surface area contributed by atoms with Crippen molar-refractivity contribution in [1.82, 2.24) is 0 Å². The van der Waals surface area contributed by atoms with Crippen LogP contribution in [-0.2, 0) is 30.1 Å². The molecule has 59 heavy (non-hydrogen) atoms. The van der Waals surface area contributed by atoms with Crippen molar-refractivity contribution in [2.24, 2.45) is 11.8 Å². The molecule has 4 aliphatic rings. The molecule has 0 aromatic heterocycles. The fourth-order valence-corrected chi connectivity index (χ4v) is 8.73. The lowest BCUT2D eigenvalue weighted by molar-refractivity contribution is -0.376. The van der Waals surface area contributed by atoms with E-state index in [4.69, 9.17) is 33.2 Å². The first kappa shape index (κ1) is 48.3. The van der Waals surface area contributed by atoms with Crippen molar-refractivity contribution < 1.29 is 84.2 Å². The minimum Gasteiger partial charge on any atom is -0.487 e. The third-order valence-corrected chi connectivity index (χ3v) is 12.8. The quantitative estimate of drug-likeness (QED) is 0.100. The Labute approximate surface area is 346 Å². The number of aliphatic hydroxyl groups is 10. The fraction of sp³-hybridized carbons (Fsp3) is 0.857. The van der Waals surface area contributed by atoms with E-state index in [-0.39, 0.29) is 5.60 Å². The molecule has 1 aromatic carbocycles. The first-order valence-corrected chi connectivity index (χ1v) is 21.2. The highest BCUT2D eigenvalue weighted by Gasteiger charge is 2.54. The van der Waals surface area contributed by atoms with E-state index >= 15 is 0 Å². The van der Waals surface area contributed by atoms with Crippen LogP contribution in [0, 0.1) is 32.6 Å². The van der Waals surface area contributed by atoms with Gasteiger partial charge >= 0.3 is 0 Å². The summed E-state index contributed by atoms with van der Waals surface area (Å²) in [6.45, 7) is 12.5. The Morgan fingerprint density at radius 3 is 1.68 bits per heavy atom. The number of benzene rings is 1. The largest absolute Gasteiger partial charge is 0.487 e. The molecule has 3 saturated heterocycles. The van der Waals surface area contributed by atoms with E-state index in [1.165, 1.54) is 19.3 Å². The minimum atomic E-state index is -1.93. The van der Waals surface area contributed by atoms with Crippen molar-refractivity contribution in [2.75, 3.05) is 19.8 Å². The number of rotatable bonds is 17. The number of hydrogen-bond donors (Lipinski definition) is 10. The highest BCUT2D eigenvalue weighted by atomic mass is 16.8. The standard InChI is InChI=1S/C42H70O17/c1-19(2)10-8-11-20(3)12-9-14-42(7)15-13-24-23(6)35(21(4)22(5)36(24)59-42)56-40-33(51)30(48)38(26(17-44)54-40)58-41-34(52)31(49)37(27(18-45)55-41)57-39-32(50)29(47)28(46)25(16-43)53-39/h19-20,25-34,37-41,43-52H,8-18H2,1-7H3/t20-,25-,26-,27-,28-,29+,30-,31-,32-,33-,34-,37-,38-,39-,40+,41-,42-/m1/s1. The molecule has 5 rings (SSSR count). The summed E-state index contributed by atoms with van der Waals surface area (Å²) in [5.74, 6) is 2.67. The van der Waals surface area contributed by atoms with Gasteiger partial charge in [-0.05, 0) is 81.9 Å². The monoisotopic (exact) mass is 846 g/mol. The molecule has 1 aromatic rings. The second-order valence-corrected chi connectivity index (χ2v) is 17.8. The van der Waals surface area contributed by atoms with Crippen LogP contribution in [0.1, 0.15) is 94.9 Å². The molecule has 4 aliphatic heterocycles. The Kier molecular flexibility index (Phi) is 16.8. The molecule has 17 heteroatoms. The zero-order valence-corrected chi connectivity index (χ0v) is 35.4. The molecule has 0 amide bonds. The molecule has 0 spiro atoms. The van der Waals surface area contributed by atoms with Crippen molar-refractivity contribution in [1.29, 1.82) is 0 Å². The topological polar surface area (TPSA) is 267 Å². The first-order valence-electron chi connectivity index (χ1n) is 21.2. The van der Waals surface area contributed by atoms with Crippen molar-refractivity contribution >= 4 is 0 Å². The lowest BCUT2D eigenvalue weighted by atomic mass is 9.84. The van der Waals surface area contributed by atoms with Crippen LogP contribution in [0.5, 0.6) is 11.5 Å². The Morgan fingerprint density at radius 1 is 0.610 bits per heavy atom. The van der Waals surface area contributed by atoms with Gasteiger partial charge in [-0.15, -0.1) is 0 Å². The zero-order valence-electron chi connectivity index (χ0n) is 35.4. The normalized spacial score (nSPS) is 39.5. The van der Waals surface area contributed by atoms with Gasteiger partial charge in [-0.1, -0.05) is 46.5 Å². The highest BCUT2D eigenvalue weighted by Crippen LogP contribution is 2.46. The van der Waals surface area contributed by atoms with E-state index < -0.39 is 112 Å². The maximum absolute atomic E-state index is 11.3. The predicted molar refractivity (Wildman–Crippen MR) is 209 cm³/mol. The van der Waals surface area contributed by atoms with Gasteiger partial charge in [0.15, 0.2) is 12.6 Å². The molecule has 17 atom stereocenters. The van der Waals surface area contributed by atoms with Crippen LogP contribution in [0.3, 0.4) is 0 Å². The molecule has 4 heterocycles. The van der Waals surface area contributed by atoms with Crippen LogP contribution in [0.15, 0.2) is 0 Å². The molecular formula is C42H70O17. The molecule has 10 N–H and O–H groups in total. The molecule has 340 valence electrons. The van der Waals surface area contributed by atoms with Gasteiger partial charge in [0.05, 0.1) is 19.8 Å². The van der Waals surface area contributed by atoms with Crippen LogP contribution < -0.4 is 9.47 Å². The van der Waals surface area contributed by atoms with E-state index in [9.17, 15) is 51.1 Å². The summed E-state index contributed by atoms with van der Waals surface area (Å²) in [5.41, 5.74) is 3.12. The van der Waals surface area contributed by atoms with Gasteiger partial charge in [0.25, 0.3) is 0 Å². The molecule has 0 radical (unpaired) electrons. The average Bonchev–Trinajstić information content (AvgIpc) is 3.20. The van der Waals surface area contributed by atoms with Crippen molar-refractivity contribution in [3.63, 3.8) is 0 Å². The summed E-state index contributed by atoms with van der Waals surface area (Å²) >= 11 is 0. The van der Waals surface area contributed by atoms with Crippen LogP contribution in [-0.4, -0.2) is 169 Å². The van der Waals surface area contributed by atoms with Gasteiger partial charge < -0.3 is 84.2 Å². The van der Waals surface area contributed by atoms with Crippen molar-refractivity contribution in [3.05, 3.63) is 22.3 Å². The molecule has 0 bridgehead atoms. The number of hydrogen-bond acceptors (Lipinski definition) is 17.